The number of amides is 1. The highest BCUT2D eigenvalue weighted by molar-refractivity contribution is 9.11. The Kier molecular flexibility index (Phi) is 5.03. The molecule has 0 aliphatic rings. The highest BCUT2D eigenvalue weighted by atomic mass is 79.9. The number of carbonyl (C=O) groups is 2. The van der Waals surface area contributed by atoms with Crippen molar-refractivity contribution in [3.8, 4) is 0 Å². The molecule has 2 aromatic carbocycles. The normalized spacial score (nSPS) is 10.2. The zero-order chi connectivity index (χ0) is 15.6. The number of benzene rings is 2. The van der Waals surface area contributed by atoms with Gasteiger partial charge in [-0.3, -0.25) is 4.79 Å². The largest absolute Gasteiger partial charge is 0.478 e. The number of nitrogens with one attached hydrogen (secondary N) is 1. The Labute approximate surface area is 142 Å². The van der Waals surface area contributed by atoms with Gasteiger partial charge in [-0.05, 0) is 52.3 Å². The maximum absolute atomic E-state index is 12.2. The van der Waals surface area contributed by atoms with Gasteiger partial charge in [0, 0.05) is 14.6 Å². The van der Waals surface area contributed by atoms with Gasteiger partial charge in [-0.2, -0.15) is 0 Å². The second-order valence-electron chi connectivity index (χ2n) is 4.08. The monoisotopic (exact) mass is 431 g/mol. The third kappa shape index (κ3) is 3.84. The predicted octanol–water partition coefficient (Wildman–Crippen LogP) is 4.82. The molecule has 1 amide bonds. The third-order valence-electron chi connectivity index (χ3n) is 2.63. The van der Waals surface area contributed by atoms with Gasteiger partial charge in [0.25, 0.3) is 5.91 Å². The lowest BCUT2D eigenvalue weighted by atomic mass is 10.1. The number of halogens is 3. The van der Waals surface area contributed by atoms with Crippen molar-refractivity contribution in [2.45, 2.75) is 0 Å². The molecule has 0 saturated heterocycles. The quantitative estimate of drug-likeness (QED) is 0.730. The lowest BCUT2D eigenvalue weighted by molar-refractivity contribution is 0.0696. The Morgan fingerprint density at radius 3 is 2.38 bits per heavy atom. The van der Waals surface area contributed by atoms with E-state index in [2.05, 4.69) is 37.2 Å². The van der Waals surface area contributed by atoms with E-state index in [1.165, 1.54) is 12.1 Å². The van der Waals surface area contributed by atoms with Crippen LogP contribution in [0.1, 0.15) is 20.7 Å². The summed E-state index contributed by atoms with van der Waals surface area (Å²) in [6.07, 6.45) is 0. The SMILES string of the molecule is O=C(O)c1cc(NC(=O)c2ccc(Br)cc2Br)ccc1Cl. The molecule has 108 valence electrons. The first-order chi connectivity index (χ1) is 9.88. The van der Waals surface area contributed by atoms with E-state index in [4.69, 9.17) is 16.7 Å². The van der Waals surface area contributed by atoms with Crippen LogP contribution >= 0.6 is 43.5 Å². The molecule has 0 aliphatic heterocycles. The summed E-state index contributed by atoms with van der Waals surface area (Å²) >= 11 is 12.4. The van der Waals surface area contributed by atoms with Crippen LogP contribution in [0.5, 0.6) is 0 Å². The van der Waals surface area contributed by atoms with Crippen molar-refractivity contribution < 1.29 is 14.7 Å². The number of carbonyl (C=O) groups excluding carboxylic acids is 1. The van der Waals surface area contributed by atoms with Crippen molar-refractivity contribution in [1.29, 1.82) is 0 Å². The van der Waals surface area contributed by atoms with E-state index in [1.54, 1.807) is 24.3 Å². The molecule has 21 heavy (non-hydrogen) atoms. The summed E-state index contributed by atoms with van der Waals surface area (Å²) < 4.78 is 1.47. The highest BCUT2D eigenvalue weighted by Crippen LogP contribution is 2.24. The van der Waals surface area contributed by atoms with E-state index in [9.17, 15) is 9.59 Å². The first-order valence-corrected chi connectivity index (χ1v) is 7.64. The Balaban J connectivity index is 2.27. The summed E-state index contributed by atoms with van der Waals surface area (Å²) in [6.45, 7) is 0. The van der Waals surface area contributed by atoms with E-state index in [-0.39, 0.29) is 16.5 Å². The van der Waals surface area contributed by atoms with E-state index < -0.39 is 5.97 Å². The lowest BCUT2D eigenvalue weighted by Gasteiger charge is -2.08. The number of anilines is 1. The molecule has 4 nitrogen and oxygen atoms in total. The molecule has 0 bridgehead atoms. The summed E-state index contributed by atoms with van der Waals surface area (Å²) in [5.74, 6) is -1.51. The van der Waals surface area contributed by atoms with Gasteiger partial charge in [0.1, 0.15) is 0 Å². The molecule has 0 aliphatic carbocycles. The summed E-state index contributed by atoms with van der Waals surface area (Å²) in [4.78, 5) is 23.2. The number of rotatable bonds is 3. The smallest absolute Gasteiger partial charge is 0.337 e. The van der Waals surface area contributed by atoms with Crippen LogP contribution in [0.25, 0.3) is 0 Å². The molecule has 0 saturated carbocycles. The molecule has 7 heteroatoms. The number of hydrogen-bond donors (Lipinski definition) is 2. The number of hydrogen-bond acceptors (Lipinski definition) is 2. The molecule has 0 spiro atoms. The summed E-state index contributed by atoms with van der Waals surface area (Å²) in [5, 5.41) is 11.8. The molecule has 0 radical (unpaired) electrons. The van der Waals surface area contributed by atoms with Gasteiger partial charge in [-0.15, -0.1) is 0 Å². The highest BCUT2D eigenvalue weighted by Gasteiger charge is 2.13. The molecular weight excluding hydrogens is 425 g/mol. The molecule has 0 unspecified atom stereocenters. The van der Waals surface area contributed by atoms with Crippen molar-refractivity contribution in [2.75, 3.05) is 5.32 Å². The van der Waals surface area contributed by atoms with Crippen molar-refractivity contribution in [3.63, 3.8) is 0 Å². The molecule has 0 fully saturated rings. The average molecular weight is 433 g/mol. The van der Waals surface area contributed by atoms with Crippen LogP contribution in [-0.4, -0.2) is 17.0 Å². The van der Waals surface area contributed by atoms with Gasteiger partial charge in [-0.1, -0.05) is 27.5 Å². The molecule has 2 N–H and O–H groups in total. The Bertz CT molecular complexity index is 734. The van der Waals surface area contributed by atoms with Gasteiger partial charge in [0.2, 0.25) is 0 Å². The standard InChI is InChI=1S/C14H8Br2ClNO3/c15-7-1-3-9(11(16)5-7)13(19)18-8-2-4-12(17)10(6-8)14(20)21/h1-6H,(H,18,19)(H,20,21). The van der Waals surface area contributed by atoms with Gasteiger partial charge in [0.05, 0.1) is 16.1 Å². The van der Waals surface area contributed by atoms with Crippen molar-refractivity contribution in [3.05, 3.63) is 61.5 Å². The van der Waals surface area contributed by atoms with Gasteiger partial charge in [0.15, 0.2) is 0 Å². The summed E-state index contributed by atoms with van der Waals surface area (Å²) in [5.41, 5.74) is 0.728. The van der Waals surface area contributed by atoms with Crippen molar-refractivity contribution in [1.82, 2.24) is 0 Å². The van der Waals surface area contributed by atoms with Crippen LogP contribution in [0.15, 0.2) is 45.3 Å². The molecule has 0 aromatic heterocycles. The molecule has 2 rings (SSSR count). The van der Waals surface area contributed by atoms with Crippen LogP contribution in [0.2, 0.25) is 5.02 Å². The molecule has 2 aromatic rings. The summed E-state index contributed by atoms with van der Waals surface area (Å²) in [7, 11) is 0. The molecule has 0 heterocycles. The number of carboxylic acids is 1. The second-order valence-corrected chi connectivity index (χ2v) is 6.26. The van der Waals surface area contributed by atoms with Gasteiger partial charge in [-0.25, -0.2) is 4.79 Å². The second kappa shape index (κ2) is 6.60. The van der Waals surface area contributed by atoms with E-state index >= 15 is 0 Å². The fourth-order valence-electron chi connectivity index (χ4n) is 1.64. The van der Waals surface area contributed by atoms with Crippen LogP contribution < -0.4 is 5.32 Å². The number of aromatic carboxylic acids is 1. The number of carboxylic acid groups (broad SMARTS) is 1. The lowest BCUT2D eigenvalue weighted by Crippen LogP contribution is -2.13. The molecule has 0 atom stereocenters. The zero-order valence-electron chi connectivity index (χ0n) is 10.4. The van der Waals surface area contributed by atoms with Crippen molar-refractivity contribution in [2.24, 2.45) is 0 Å². The average Bonchev–Trinajstić information content (AvgIpc) is 2.40. The van der Waals surface area contributed by atoms with Gasteiger partial charge >= 0.3 is 5.97 Å². The van der Waals surface area contributed by atoms with E-state index in [0.717, 1.165) is 4.47 Å². The van der Waals surface area contributed by atoms with Crippen LogP contribution in [-0.2, 0) is 0 Å². The first kappa shape index (κ1) is 16.0. The van der Waals surface area contributed by atoms with Crippen LogP contribution in [0.4, 0.5) is 5.69 Å². The minimum Gasteiger partial charge on any atom is -0.478 e. The minimum atomic E-state index is -1.15. The van der Waals surface area contributed by atoms with E-state index in [1.807, 2.05) is 0 Å². The van der Waals surface area contributed by atoms with Crippen LogP contribution in [0.3, 0.4) is 0 Å². The van der Waals surface area contributed by atoms with Crippen LogP contribution in [0, 0.1) is 0 Å². The Hall–Kier alpha value is -1.37. The maximum Gasteiger partial charge on any atom is 0.337 e. The third-order valence-corrected chi connectivity index (χ3v) is 4.11. The fraction of sp³-hybridized carbons (Fsp3) is 0. The van der Waals surface area contributed by atoms with E-state index in [0.29, 0.717) is 15.7 Å². The summed E-state index contributed by atoms with van der Waals surface area (Å²) in [6, 6.07) is 9.42. The Morgan fingerprint density at radius 2 is 1.76 bits per heavy atom. The topological polar surface area (TPSA) is 66.4 Å². The zero-order valence-corrected chi connectivity index (χ0v) is 14.3. The first-order valence-electron chi connectivity index (χ1n) is 5.67. The van der Waals surface area contributed by atoms with Crippen molar-refractivity contribution >= 4 is 61.0 Å². The fourth-order valence-corrected chi connectivity index (χ4v) is 3.06. The Morgan fingerprint density at radius 1 is 1.05 bits per heavy atom. The minimum absolute atomic E-state index is 0.0654. The predicted molar refractivity (Wildman–Crippen MR) is 88.2 cm³/mol. The molecular formula is C14H8Br2ClNO3. The van der Waals surface area contributed by atoms with Gasteiger partial charge < -0.3 is 10.4 Å². The maximum atomic E-state index is 12.2.